The molecule has 29 heavy (non-hydrogen) atoms. The lowest BCUT2D eigenvalue weighted by Crippen LogP contribution is -2.28. The normalized spacial score (nSPS) is 10.8. The van der Waals surface area contributed by atoms with Gasteiger partial charge < -0.3 is 15.0 Å². The fourth-order valence-electron chi connectivity index (χ4n) is 3.35. The van der Waals surface area contributed by atoms with E-state index < -0.39 is 0 Å². The maximum absolute atomic E-state index is 9.50. The third-order valence-electron chi connectivity index (χ3n) is 4.69. The highest BCUT2D eigenvalue weighted by Gasteiger charge is 2.20. The number of hydrogen-bond donors (Lipinski definition) is 1. The summed E-state index contributed by atoms with van der Waals surface area (Å²) in [4.78, 5) is 6.99. The van der Waals surface area contributed by atoms with Gasteiger partial charge in [-0.15, -0.1) is 0 Å². The fraction of sp³-hybridized carbons (Fsp3) is 0.381. The van der Waals surface area contributed by atoms with Gasteiger partial charge in [-0.3, -0.25) is 0 Å². The fourth-order valence-corrected chi connectivity index (χ4v) is 3.56. The van der Waals surface area contributed by atoms with E-state index in [1.807, 2.05) is 19.1 Å². The molecule has 2 aromatic heterocycles. The SMILES string of the molecule is CCCN(CCC)c1c(C)c(Nc2ccc(OC)cc2Cl)nc2c(C#N)cnn12. The van der Waals surface area contributed by atoms with Crippen molar-refractivity contribution in [2.24, 2.45) is 0 Å². The first-order chi connectivity index (χ1) is 14.0. The molecule has 0 bridgehead atoms. The van der Waals surface area contributed by atoms with Gasteiger partial charge in [-0.2, -0.15) is 14.9 Å². The van der Waals surface area contributed by atoms with E-state index in [1.165, 1.54) is 0 Å². The van der Waals surface area contributed by atoms with Crippen molar-refractivity contribution in [1.29, 1.82) is 5.26 Å². The second-order valence-electron chi connectivity index (χ2n) is 6.77. The number of nitrogens with one attached hydrogen (secondary N) is 1. The van der Waals surface area contributed by atoms with Crippen molar-refractivity contribution in [2.45, 2.75) is 33.6 Å². The summed E-state index contributed by atoms with van der Waals surface area (Å²) in [5.41, 5.74) is 2.62. The van der Waals surface area contributed by atoms with Crippen LogP contribution in [0.4, 0.5) is 17.3 Å². The number of fused-ring (bicyclic) bond motifs is 1. The zero-order valence-electron chi connectivity index (χ0n) is 17.2. The second kappa shape index (κ2) is 9.01. The van der Waals surface area contributed by atoms with Crippen molar-refractivity contribution in [3.05, 3.63) is 40.5 Å². The van der Waals surface area contributed by atoms with Gasteiger partial charge in [0, 0.05) is 24.7 Å². The van der Waals surface area contributed by atoms with Crippen molar-refractivity contribution in [2.75, 3.05) is 30.4 Å². The van der Waals surface area contributed by atoms with Crippen LogP contribution in [0.5, 0.6) is 5.75 Å². The van der Waals surface area contributed by atoms with Crippen LogP contribution in [0.3, 0.4) is 0 Å². The Morgan fingerprint density at radius 2 is 2.00 bits per heavy atom. The van der Waals surface area contributed by atoms with Crippen molar-refractivity contribution < 1.29 is 4.74 Å². The molecule has 3 aromatic rings. The van der Waals surface area contributed by atoms with Gasteiger partial charge in [0.05, 0.1) is 24.0 Å². The molecular weight excluding hydrogens is 388 g/mol. The number of nitriles is 1. The van der Waals surface area contributed by atoms with Gasteiger partial charge in [-0.05, 0) is 31.9 Å². The first-order valence-corrected chi connectivity index (χ1v) is 10.1. The molecule has 0 aliphatic heterocycles. The summed E-state index contributed by atoms with van der Waals surface area (Å²) in [6.07, 6.45) is 3.57. The number of anilines is 3. The maximum atomic E-state index is 9.50. The highest BCUT2D eigenvalue weighted by Crippen LogP contribution is 2.33. The largest absolute Gasteiger partial charge is 0.497 e. The molecule has 0 aliphatic carbocycles. The lowest BCUT2D eigenvalue weighted by molar-refractivity contribution is 0.415. The van der Waals surface area contributed by atoms with Gasteiger partial charge in [0.15, 0.2) is 5.65 Å². The van der Waals surface area contributed by atoms with E-state index in [0.29, 0.717) is 33.5 Å². The summed E-state index contributed by atoms with van der Waals surface area (Å²) in [7, 11) is 1.60. The number of rotatable bonds is 8. The minimum Gasteiger partial charge on any atom is -0.497 e. The number of aromatic nitrogens is 3. The zero-order valence-corrected chi connectivity index (χ0v) is 17.9. The first-order valence-electron chi connectivity index (χ1n) is 9.67. The van der Waals surface area contributed by atoms with Crippen LogP contribution >= 0.6 is 11.6 Å². The van der Waals surface area contributed by atoms with Gasteiger partial charge in [0.2, 0.25) is 0 Å². The summed E-state index contributed by atoms with van der Waals surface area (Å²) in [5, 5.41) is 17.8. The molecule has 0 amide bonds. The molecule has 0 saturated heterocycles. The molecule has 0 atom stereocenters. The van der Waals surface area contributed by atoms with Crippen LogP contribution in [-0.2, 0) is 0 Å². The van der Waals surface area contributed by atoms with Gasteiger partial charge in [0.25, 0.3) is 0 Å². The van der Waals surface area contributed by atoms with E-state index in [9.17, 15) is 5.26 Å². The number of methoxy groups -OCH3 is 1. The maximum Gasteiger partial charge on any atom is 0.177 e. The number of ether oxygens (including phenoxy) is 1. The van der Waals surface area contributed by atoms with Crippen LogP contribution in [0.25, 0.3) is 5.65 Å². The van der Waals surface area contributed by atoms with Crippen LogP contribution in [0.1, 0.15) is 37.8 Å². The minimum absolute atomic E-state index is 0.433. The number of benzene rings is 1. The Morgan fingerprint density at radius 1 is 1.28 bits per heavy atom. The monoisotopic (exact) mass is 412 g/mol. The number of halogens is 1. The summed E-state index contributed by atoms with van der Waals surface area (Å²) in [5.74, 6) is 2.27. The van der Waals surface area contributed by atoms with E-state index in [-0.39, 0.29) is 0 Å². The molecular formula is C21H25ClN6O. The summed E-state index contributed by atoms with van der Waals surface area (Å²) < 4.78 is 6.99. The van der Waals surface area contributed by atoms with Crippen molar-refractivity contribution in [3.63, 3.8) is 0 Å². The third-order valence-corrected chi connectivity index (χ3v) is 5.00. The molecule has 8 heteroatoms. The first kappa shape index (κ1) is 20.7. The van der Waals surface area contributed by atoms with E-state index >= 15 is 0 Å². The highest BCUT2D eigenvalue weighted by atomic mass is 35.5. The minimum atomic E-state index is 0.433. The van der Waals surface area contributed by atoms with Crippen molar-refractivity contribution >= 4 is 34.6 Å². The molecule has 2 heterocycles. The molecule has 0 fully saturated rings. The summed E-state index contributed by atoms with van der Waals surface area (Å²) >= 11 is 6.42. The van der Waals surface area contributed by atoms with E-state index in [0.717, 1.165) is 37.3 Å². The molecule has 7 nitrogen and oxygen atoms in total. The summed E-state index contributed by atoms with van der Waals surface area (Å²) in [6.45, 7) is 8.08. The lowest BCUT2D eigenvalue weighted by atomic mass is 10.2. The molecule has 0 saturated carbocycles. The molecule has 1 N–H and O–H groups in total. The topological polar surface area (TPSA) is 78.5 Å². The highest BCUT2D eigenvalue weighted by molar-refractivity contribution is 6.33. The average Bonchev–Trinajstić information content (AvgIpc) is 3.12. The molecule has 1 aromatic carbocycles. The smallest absolute Gasteiger partial charge is 0.177 e. The Balaban J connectivity index is 2.17. The predicted molar refractivity (Wildman–Crippen MR) is 117 cm³/mol. The Morgan fingerprint density at radius 3 is 2.59 bits per heavy atom. The second-order valence-corrected chi connectivity index (χ2v) is 7.18. The van der Waals surface area contributed by atoms with Crippen LogP contribution in [0.15, 0.2) is 24.4 Å². The van der Waals surface area contributed by atoms with Crippen LogP contribution in [0, 0.1) is 18.3 Å². The van der Waals surface area contributed by atoms with E-state index in [4.69, 9.17) is 21.3 Å². The molecule has 0 unspecified atom stereocenters. The average molecular weight is 413 g/mol. The van der Waals surface area contributed by atoms with Crippen molar-refractivity contribution in [3.8, 4) is 11.8 Å². The molecule has 0 aliphatic rings. The molecule has 152 valence electrons. The summed E-state index contributed by atoms with van der Waals surface area (Å²) in [6, 6.07) is 7.62. The van der Waals surface area contributed by atoms with Crippen molar-refractivity contribution in [1.82, 2.24) is 14.6 Å². The standard InChI is InChI=1S/C21H25ClN6O/c1-5-9-27(10-6-2)21-14(3)19(26-20-15(12-23)13-24-28(20)21)25-18-8-7-16(29-4)11-17(18)22/h7-8,11,13H,5-6,9-10H2,1-4H3,(H,25,26). The van der Waals surface area contributed by atoms with Gasteiger partial charge >= 0.3 is 0 Å². The molecule has 0 spiro atoms. The van der Waals surface area contributed by atoms with Crippen LogP contribution in [0.2, 0.25) is 5.02 Å². The Labute approximate surface area is 175 Å². The van der Waals surface area contributed by atoms with Gasteiger partial charge in [-0.25, -0.2) is 4.98 Å². The predicted octanol–water partition coefficient (Wildman–Crippen LogP) is 4.94. The molecule has 3 rings (SSSR count). The van der Waals surface area contributed by atoms with Gasteiger partial charge in [-0.1, -0.05) is 25.4 Å². The third kappa shape index (κ3) is 4.08. The number of nitrogens with zero attached hydrogens (tertiary/aromatic N) is 5. The number of hydrogen-bond acceptors (Lipinski definition) is 6. The quantitative estimate of drug-likeness (QED) is 0.564. The van der Waals surface area contributed by atoms with E-state index in [1.54, 1.807) is 23.9 Å². The Bertz CT molecular complexity index is 1050. The van der Waals surface area contributed by atoms with Crippen LogP contribution < -0.4 is 15.0 Å². The zero-order chi connectivity index (χ0) is 21.0. The van der Waals surface area contributed by atoms with Gasteiger partial charge in [0.1, 0.15) is 29.0 Å². The lowest BCUT2D eigenvalue weighted by Gasteiger charge is -2.27. The Hall–Kier alpha value is -2.98. The van der Waals surface area contributed by atoms with Crippen LogP contribution in [-0.4, -0.2) is 34.8 Å². The Kier molecular flexibility index (Phi) is 6.45. The molecule has 0 radical (unpaired) electrons. The van der Waals surface area contributed by atoms with E-state index in [2.05, 4.69) is 35.2 Å².